The van der Waals surface area contributed by atoms with Crippen molar-refractivity contribution in [2.24, 2.45) is 0 Å². The van der Waals surface area contributed by atoms with Gasteiger partial charge in [-0.3, -0.25) is 0 Å². The highest BCUT2D eigenvalue weighted by Crippen LogP contribution is 2.06. The molecule has 0 spiro atoms. The summed E-state index contributed by atoms with van der Waals surface area (Å²) in [7, 11) is 0. The molecule has 0 bridgehead atoms. The number of aliphatic hydroxyl groups is 1. The zero-order chi connectivity index (χ0) is 5.70. The predicted molar refractivity (Wildman–Crippen MR) is 38.1 cm³/mol. The van der Waals surface area contributed by atoms with Crippen molar-refractivity contribution >= 4 is 25.3 Å². The van der Waals surface area contributed by atoms with E-state index in [-0.39, 0.29) is 11.2 Å². The van der Waals surface area contributed by atoms with Crippen LogP contribution in [0.25, 0.3) is 0 Å². The molecule has 0 aromatic carbocycles. The summed E-state index contributed by atoms with van der Waals surface area (Å²) >= 11 is 7.97. The Morgan fingerprint density at radius 3 is 2.14 bits per heavy atom. The quantitative estimate of drug-likeness (QED) is 0.392. The second kappa shape index (κ2) is 4.81. The van der Waals surface area contributed by atoms with E-state index in [4.69, 9.17) is 5.11 Å². The van der Waals surface area contributed by atoms with Crippen LogP contribution in [0.5, 0.6) is 0 Å². The van der Waals surface area contributed by atoms with Crippen LogP contribution in [0.2, 0.25) is 0 Å². The van der Waals surface area contributed by atoms with Gasteiger partial charge in [-0.15, -0.1) is 0 Å². The fourth-order valence-electron chi connectivity index (χ4n) is 0.274. The molecule has 0 aliphatic heterocycles. The van der Waals surface area contributed by atoms with Crippen LogP contribution in [-0.2, 0) is 0 Å². The van der Waals surface area contributed by atoms with Crippen LogP contribution in [0.3, 0.4) is 0 Å². The molecule has 1 nitrogen and oxygen atoms in total. The van der Waals surface area contributed by atoms with Gasteiger partial charge < -0.3 is 5.11 Å². The van der Waals surface area contributed by atoms with Gasteiger partial charge in [-0.25, -0.2) is 0 Å². The monoisotopic (exact) mass is 138 g/mol. The first kappa shape index (κ1) is 7.66. The molecule has 7 heavy (non-hydrogen) atoms. The molecule has 0 aliphatic rings. The van der Waals surface area contributed by atoms with Gasteiger partial charge in [-0.2, -0.15) is 25.3 Å². The third-order valence-corrected chi connectivity index (χ3v) is 1.14. The maximum atomic E-state index is 8.25. The minimum absolute atomic E-state index is 0.132. The molecule has 0 rings (SSSR count). The third kappa shape index (κ3) is 6.66. The Morgan fingerprint density at radius 2 is 2.00 bits per heavy atom. The molecule has 0 saturated carbocycles. The van der Waals surface area contributed by atoms with Crippen LogP contribution in [0.1, 0.15) is 12.8 Å². The van der Waals surface area contributed by atoms with Gasteiger partial charge >= 0.3 is 0 Å². The van der Waals surface area contributed by atoms with E-state index in [2.05, 4.69) is 25.3 Å². The van der Waals surface area contributed by atoms with Crippen molar-refractivity contribution in [1.82, 2.24) is 0 Å². The van der Waals surface area contributed by atoms with Gasteiger partial charge in [0, 0.05) is 11.2 Å². The molecule has 0 atom stereocenters. The van der Waals surface area contributed by atoms with Crippen LogP contribution in [-0.4, -0.2) is 16.3 Å². The number of thiol groups is 2. The van der Waals surface area contributed by atoms with Crippen LogP contribution in [0, 0.1) is 0 Å². The third-order valence-electron chi connectivity index (χ3n) is 0.620. The largest absolute Gasteiger partial charge is 0.396 e. The lowest BCUT2D eigenvalue weighted by Crippen LogP contribution is -1.89. The van der Waals surface area contributed by atoms with Crippen molar-refractivity contribution in [2.75, 3.05) is 6.61 Å². The summed E-state index contributed by atoms with van der Waals surface area (Å²) in [6, 6.07) is 0. The smallest absolute Gasteiger partial charge is 0.0443 e. The molecule has 0 unspecified atom stereocenters. The Morgan fingerprint density at radius 1 is 1.43 bits per heavy atom. The second-order valence-corrected chi connectivity index (χ2v) is 3.00. The minimum atomic E-state index is 0.132. The van der Waals surface area contributed by atoms with Crippen molar-refractivity contribution < 1.29 is 5.11 Å². The van der Waals surface area contributed by atoms with E-state index in [1.165, 1.54) is 0 Å². The molecule has 0 fully saturated rings. The fraction of sp³-hybridized carbons (Fsp3) is 1.00. The molecule has 0 aromatic heterocycles. The highest BCUT2D eigenvalue weighted by molar-refractivity contribution is 7.99. The van der Waals surface area contributed by atoms with Crippen molar-refractivity contribution in [2.45, 2.75) is 17.4 Å². The van der Waals surface area contributed by atoms with E-state index in [1.807, 2.05) is 0 Å². The van der Waals surface area contributed by atoms with Crippen LogP contribution in [0.4, 0.5) is 0 Å². The van der Waals surface area contributed by atoms with Crippen molar-refractivity contribution in [1.29, 1.82) is 0 Å². The topological polar surface area (TPSA) is 20.2 Å². The summed E-state index contributed by atoms with van der Waals surface area (Å²) in [5.74, 6) is 0. The first-order valence-corrected chi connectivity index (χ1v) is 3.27. The molecular formula is C4H10OS2. The average Bonchev–Trinajstić information content (AvgIpc) is 1.61. The lowest BCUT2D eigenvalue weighted by molar-refractivity contribution is 0.287. The highest BCUT2D eigenvalue weighted by atomic mass is 32.2. The molecule has 3 heteroatoms. The van der Waals surface area contributed by atoms with E-state index < -0.39 is 0 Å². The van der Waals surface area contributed by atoms with Gasteiger partial charge in [-0.1, -0.05) is 0 Å². The summed E-state index contributed by atoms with van der Waals surface area (Å²) in [6.45, 7) is 0.248. The molecule has 0 aromatic rings. The summed E-state index contributed by atoms with van der Waals surface area (Å²) in [4.78, 5) is 0. The first-order chi connectivity index (χ1) is 3.27. The maximum Gasteiger partial charge on any atom is 0.0443 e. The Balaban J connectivity index is 2.68. The Kier molecular flexibility index (Phi) is 5.26. The summed E-state index contributed by atoms with van der Waals surface area (Å²) in [5, 5.41) is 8.25. The standard InChI is InChI=1S/C4H10OS2/c5-3-1-2-4(6)7/h4-7H,1-3H2. The van der Waals surface area contributed by atoms with Gasteiger partial charge in [0.1, 0.15) is 0 Å². The van der Waals surface area contributed by atoms with E-state index in [9.17, 15) is 0 Å². The number of hydrogen-bond acceptors (Lipinski definition) is 3. The Bertz CT molecular complexity index is 38.7. The SMILES string of the molecule is OCCCC(S)S. The molecule has 1 N–H and O–H groups in total. The molecule has 0 saturated heterocycles. The van der Waals surface area contributed by atoms with E-state index >= 15 is 0 Å². The van der Waals surface area contributed by atoms with Crippen molar-refractivity contribution in [3.8, 4) is 0 Å². The normalized spacial score (nSPS) is 10.3. The number of rotatable bonds is 3. The van der Waals surface area contributed by atoms with Gasteiger partial charge in [0.05, 0.1) is 0 Å². The summed E-state index contributed by atoms with van der Waals surface area (Å²) in [5.41, 5.74) is 0. The molecule has 0 aliphatic carbocycles. The average molecular weight is 138 g/mol. The number of hydrogen-bond donors (Lipinski definition) is 3. The van der Waals surface area contributed by atoms with Gasteiger partial charge in [0.2, 0.25) is 0 Å². The minimum Gasteiger partial charge on any atom is -0.396 e. The summed E-state index contributed by atoms with van der Waals surface area (Å²) in [6.07, 6.45) is 1.68. The van der Waals surface area contributed by atoms with Crippen molar-refractivity contribution in [3.63, 3.8) is 0 Å². The Labute approximate surface area is 54.9 Å². The highest BCUT2D eigenvalue weighted by Gasteiger charge is 1.91. The lowest BCUT2D eigenvalue weighted by Gasteiger charge is -1.97. The van der Waals surface area contributed by atoms with E-state index in [1.54, 1.807) is 0 Å². The van der Waals surface area contributed by atoms with E-state index in [0.29, 0.717) is 0 Å². The number of aliphatic hydroxyl groups excluding tert-OH is 1. The maximum absolute atomic E-state index is 8.25. The fourth-order valence-corrected chi connectivity index (χ4v) is 0.639. The Hall–Kier alpha value is 0.660. The van der Waals surface area contributed by atoms with Crippen LogP contribution < -0.4 is 0 Å². The van der Waals surface area contributed by atoms with Crippen molar-refractivity contribution in [3.05, 3.63) is 0 Å². The van der Waals surface area contributed by atoms with Gasteiger partial charge in [0.15, 0.2) is 0 Å². The summed E-state index contributed by atoms with van der Waals surface area (Å²) < 4.78 is 0.132. The molecule has 44 valence electrons. The molecule has 0 amide bonds. The van der Waals surface area contributed by atoms with Gasteiger partial charge in [-0.05, 0) is 12.8 Å². The zero-order valence-corrected chi connectivity index (χ0v) is 5.83. The first-order valence-electron chi connectivity index (χ1n) is 2.24. The predicted octanol–water partition coefficient (Wildman–Crippen LogP) is 0.945. The van der Waals surface area contributed by atoms with Gasteiger partial charge in [0.25, 0.3) is 0 Å². The second-order valence-electron chi connectivity index (χ2n) is 1.35. The molecule has 0 heterocycles. The van der Waals surface area contributed by atoms with Crippen LogP contribution >= 0.6 is 25.3 Å². The van der Waals surface area contributed by atoms with Crippen LogP contribution in [0.15, 0.2) is 0 Å². The molecular weight excluding hydrogens is 128 g/mol. The lowest BCUT2D eigenvalue weighted by atomic mass is 10.4. The molecule has 0 radical (unpaired) electrons. The zero-order valence-electron chi connectivity index (χ0n) is 4.04. The van der Waals surface area contributed by atoms with E-state index in [0.717, 1.165) is 12.8 Å².